The summed E-state index contributed by atoms with van der Waals surface area (Å²) in [6.07, 6.45) is 4.92. The molecule has 2 amide bonds. The Kier molecular flexibility index (Phi) is 9.31. The number of carboxylic acid groups (broad SMARTS) is 1. The number of carbonyl (C=O) groups excluding carboxylic acids is 2. The lowest BCUT2D eigenvalue weighted by Gasteiger charge is -2.32. The number of alkyl carbamates (subject to hydrolysis) is 1. The molecule has 1 aromatic heterocycles. The topological polar surface area (TPSA) is 133 Å². The highest BCUT2D eigenvalue weighted by Gasteiger charge is 2.28. The van der Waals surface area contributed by atoms with Gasteiger partial charge in [0.1, 0.15) is 17.5 Å². The molecule has 0 aromatic carbocycles. The van der Waals surface area contributed by atoms with Crippen molar-refractivity contribution < 1.29 is 24.2 Å². The maximum Gasteiger partial charge on any atom is 0.408 e. The van der Waals surface area contributed by atoms with Crippen molar-refractivity contribution in [3.05, 3.63) is 23.4 Å². The first kappa shape index (κ1) is 26.7. The van der Waals surface area contributed by atoms with Gasteiger partial charge in [-0.3, -0.25) is 4.79 Å². The number of ether oxygens (including phenoxy) is 1. The fourth-order valence-corrected chi connectivity index (χ4v) is 4.46. The molecule has 0 aliphatic carbocycles. The zero-order valence-electron chi connectivity index (χ0n) is 21.1. The van der Waals surface area contributed by atoms with Crippen molar-refractivity contribution in [3.8, 4) is 0 Å². The highest BCUT2D eigenvalue weighted by molar-refractivity contribution is 5.83. The monoisotopic (exact) mass is 489 g/mol. The van der Waals surface area contributed by atoms with Crippen LogP contribution in [-0.2, 0) is 27.2 Å². The van der Waals surface area contributed by atoms with Gasteiger partial charge in [0, 0.05) is 25.3 Å². The van der Waals surface area contributed by atoms with Gasteiger partial charge in [0.2, 0.25) is 5.91 Å². The Balaban J connectivity index is 1.41. The number of anilines is 1. The summed E-state index contributed by atoms with van der Waals surface area (Å²) in [4.78, 5) is 43.2. The Morgan fingerprint density at radius 2 is 2.09 bits per heavy atom. The second kappa shape index (κ2) is 12.2. The van der Waals surface area contributed by atoms with Gasteiger partial charge in [-0.1, -0.05) is 6.07 Å². The van der Waals surface area contributed by atoms with Gasteiger partial charge in [0.15, 0.2) is 0 Å². The molecule has 0 radical (unpaired) electrons. The molecule has 2 aliphatic heterocycles. The molecule has 10 heteroatoms. The molecule has 194 valence electrons. The Morgan fingerprint density at radius 3 is 2.83 bits per heavy atom. The van der Waals surface area contributed by atoms with Crippen molar-refractivity contribution in [1.82, 2.24) is 20.5 Å². The fraction of sp³-hybridized carbons (Fsp3) is 0.680. The van der Waals surface area contributed by atoms with E-state index in [1.807, 2.05) is 0 Å². The Morgan fingerprint density at radius 1 is 1.29 bits per heavy atom. The van der Waals surface area contributed by atoms with Crippen LogP contribution in [0.5, 0.6) is 0 Å². The van der Waals surface area contributed by atoms with Crippen LogP contribution in [0.15, 0.2) is 12.1 Å². The second-order valence-corrected chi connectivity index (χ2v) is 10.4. The van der Waals surface area contributed by atoms with Gasteiger partial charge in [-0.15, -0.1) is 0 Å². The zero-order chi connectivity index (χ0) is 25.4. The van der Waals surface area contributed by atoms with Crippen molar-refractivity contribution in [1.29, 1.82) is 0 Å². The number of fused-ring (bicyclic) bond motifs is 1. The summed E-state index contributed by atoms with van der Waals surface area (Å²) >= 11 is 0. The standard InChI is InChI=1S/C25H39N5O5/c1-25(2,3)35-24(34)29-20(23(32)33)15-27-22(31)18-8-5-13-30(16-18)14-6-9-19-11-10-17-7-4-12-26-21(17)28-19/h10-11,18,20H,4-9,12-16H2,1-3H3,(H,26,28)(H,27,31)(H,29,34)(H,32,33)/t18-,20+/m1/s1. The van der Waals surface area contributed by atoms with Gasteiger partial charge in [0.25, 0.3) is 0 Å². The fourth-order valence-electron chi connectivity index (χ4n) is 4.46. The van der Waals surface area contributed by atoms with Crippen molar-refractivity contribution >= 4 is 23.8 Å². The normalized spacial score (nSPS) is 19.1. The van der Waals surface area contributed by atoms with Crippen molar-refractivity contribution in [2.24, 2.45) is 5.92 Å². The molecular weight excluding hydrogens is 450 g/mol. The summed E-state index contributed by atoms with van der Waals surface area (Å²) in [5, 5.41) is 17.8. The van der Waals surface area contributed by atoms with Crippen molar-refractivity contribution in [2.45, 2.75) is 70.9 Å². The predicted molar refractivity (Wildman–Crippen MR) is 132 cm³/mol. The maximum atomic E-state index is 12.7. The molecule has 0 unspecified atom stereocenters. The molecule has 35 heavy (non-hydrogen) atoms. The minimum absolute atomic E-state index is 0.186. The first-order chi connectivity index (χ1) is 16.6. The molecule has 0 saturated carbocycles. The number of piperidine rings is 1. The van der Waals surface area contributed by atoms with Gasteiger partial charge in [-0.05, 0) is 84.0 Å². The van der Waals surface area contributed by atoms with Gasteiger partial charge in [0.05, 0.1) is 5.92 Å². The number of aromatic nitrogens is 1. The van der Waals surface area contributed by atoms with Crippen molar-refractivity contribution in [2.75, 3.05) is 38.0 Å². The largest absolute Gasteiger partial charge is 0.480 e. The van der Waals surface area contributed by atoms with E-state index in [0.717, 1.165) is 69.7 Å². The third-order valence-corrected chi connectivity index (χ3v) is 6.20. The molecule has 0 spiro atoms. The quantitative estimate of drug-likeness (QED) is 0.415. The number of aryl methyl sites for hydroxylation is 2. The van der Waals surface area contributed by atoms with Crippen LogP contribution in [0.3, 0.4) is 0 Å². The molecule has 3 heterocycles. The zero-order valence-corrected chi connectivity index (χ0v) is 21.1. The van der Waals surface area contributed by atoms with Gasteiger partial charge in [-0.2, -0.15) is 0 Å². The van der Waals surface area contributed by atoms with E-state index in [1.165, 1.54) is 5.56 Å². The number of rotatable bonds is 9. The molecule has 1 fully saturated rings. The SMILES string of the molecule is CC(C)(C)OC(=O)N[C@@H](CNC(=O)[C@@H]1CCCN(CCCc2ccc3c(n2)NCCC3)C1)C(=O)O. The summed E-state index contributed by atoms with van der Waals surface area (Å²) in [5.74, 6) is -0.600. The third-order valence-electron chi connectivity index (χ3n) is 6.20. The van der Waals surface area contributed by atoms with Crippen LogP contribution in [0.4, 0.5) is 10.6 Å². The minimum Gasteiger partial charge on any atom is -0.480 e. The van der Waals surface area contributed by atoms with E-state index >= 15 is 0 Å². The molecule has 0 bridgehead atoms. The van der Waals surface area contributed by atoms with Crippen LogP contribution >= 0.6 is 0 Å². The van der Waals surface area contributed by atoms with Gasteiger partial charge >= 0.3 is 12.1 Å². The van der Waals surface area contributed by atoms with E-state index < -0.39 is 23.7 Å². The molecule has 2 atom stereocenters. The molecule has 10 nitrogen and oxygen atoms in total. The van der Waals surface area contributed by atoms with Crippen LogP contribution in [0.25, 0.3) is 0 Å². The number of hydrogen-bond donors (Lipinski definition) is 4. The third kappa shape index (κ3) is 8.69. The number of nitrogens with one attached hydrogen (secondary N) is 3. The van der Waals surface area contributed by atoms with Crippen LogP contribution < -0.4 is 16.0 Å². The number of carbonyl (C=O) groups is 3. The number of hydrogen-bond acceptors (Lipinski definition) is 7. The van der Waals surface area contributed by atoms with E-state index in [9.17, 15) is 19.5 Å². The summed E-state index contributed by atoms with van der Waals surface area (Å²) in [7, 11) is 0. The Hall–Kier alpha value is -2.88. The lowest BCUT2D eigenvalue weighted by atomic mass is 9.96. The number of carboxylic acids is 1. The number of pyridine rings is 1. The molecule has 3 rings (SSSR count). The Bertz CT molecular complexity index is 901. The molecule has 4 N–H and O–H groups in total. The summed E-state index contributed by atoms with van der Waals surface area (Å²) in [6.45, 7) is 8.34. The van der Waals surface area contributed by atoms with Crippen molar-refractivity contribution in [3.63, 3.8) is 0 Å². The number of amides is 2. The lowest BCUT2D eigenvalue weighted by molar-refractivity contribution is -0.139. The van der Waals surface area contributed by atoms with E-state index in [-0.39, 0.29) is 18.4 Å². The highest BCUT2D eigenvalue weighted by Crippen LogP contribution is 2.21. The van der Waals surface area contributed by atoms with E-state index in [4.69, 9.17) is 9.72 Å². The molecule has 1 saturated heterocycles. The van der Waals surface area contributed by atoms with Gasteiger partial charge < -0.3 is 30.7 Å². The predicted octanol–water partition coefficient (Wildman–Crippen LogP) is 2.18. The first-order valence-electron chi connectivity index (χ1n) is 12.6. The average molecular weight is 490 g/mol. The summed E-state index contributed by atoms with van der Waals surface area (Å²) in [5.41, 5.74) is 1.63. The van der Waals surface area contributed by atoms with E-state index in [2.05, 4.69) is 33.0 Å². The van der Waals surface area contributed by atoms with Crippen LogP contribution in [0.1, 0.15) is 57.7 Å². The minimum atomic E-state index is -1.26. The highest BCUT2D eigenvalue weighted by atomic mass is 16.6. The average Bonchev–Trinajstić information content (AvgIpc) is 2.80. The van der Waals surface area contributed by atoms with Crippen LogP contribution in [-0.4, -0.2) is 77.3 Å². The molecule has 2 aliphatic rings. The number of nitrogens with zero attached hydrogens (tertiary/aromatic N) is 2. The number of aliphatic carboxylic acids is 1. The molecule has 1 aromatic rings. The number of likely N-dealkylation sites (tertiary alicyclic amines) is 1. The summed E-state index contributed by atoms with van der Waals surface area (Å²) in [6, 6.07) is 3.03. The summed E-state index contributed by atoms with van der Waals surface area (Å²) < 4.78 is 5.11. The first-order valence-corrected chi connectivity index (χ1v) is 12.6. The maximum absolute atomic E-state index is 12.7. The van der Waals surface area contributed by atoms with E-state index in [0.29, 0.717) is 6.54 Å². The van der Waals surface area contributed by atoms with Crippen LogP contribution in [0, 0.1) is 5.92 Å². The van der Waals surface area contributed by atoms with Gasteiger partial charge in [-0.25, -0.2) is 14.6 Å². The Labute approximate surface area is 207 Å². The van der Waals surface area contributed by atoms with Crippen LogP contribution in [0.2, 0.25) is 0 Å². The smallest absolute Gasteiger partial charge is 0.408 e. The second-order valence-electron chi connectivity index (χ2n) is 10.4. The van der Waals surface area contributed by atoms with E-state index in [1.54, 1.807) is 20.8 Å². The lowest BCUT2D eigenvalue weighted by Crippen LogP contribution is -2.51. The molecular formula is C25H39N5O5.